The second-order valence-corrected chi connectivity index (χ2v) is 8.51. The number of aliphatic hydroxyl groups excluding tert-OH is 1. The molecule has 36 heavy (non-hydrogen) atoms. The molecule has 1 aromatic heterocycles. The molecule has 0 radical (unpaired) electrons. The zero-order chi connectivity index (χ0) is 25.5. The lowest BCUT2D eigenvalue weighted by Gasteiger charge is -2.25. The Morgan fingerprint density at radius 3 is 2.42 bits per heavy atom. The number of carbonyl (C=O) groups excluding carboxylic acids is 2. The van der Waals surface area contributed by atoms with Gasteiger partial charge in [0.05, 0.1) is 24.8 Å². The number of rotatable bonds is 10. The van der Waals surface area contributed by atoms with Crippen molar-refractivity contribution in [3.63, 3.8) is 0 Å². The number of ether oxygens (including phenoxy) is 2. The first-order chi connectivity index (χ1) is 17.5. The molecule has 3 aromatic rings. The predicted octanol–water partition coefficient (Wildman–Crippen LogP) is 5.28. The molecule has 7 nitrogen and oxygen atoms in total. The van der Waals surface area contributed by atoms with E-state index in [0.717, 1.165) is 18.4 Å². The molecule has 4 rings (SSSR count). The highest BCUT2D eigenvalue weighted by Gasteiger charge is 2.46. The molecule has 1 saturated heterocycles. The number of carbonyl (C=O) groups is 2. The molecule has 186 valence electrons. The normalized spacial score (nSPS) is 16.8. The molecule has 0 bridgehead atoms. The van der Waals surface area contributed by atoms with E-state index in [2.05, 4.69) is 11.9 Å². The Labute approximate surface area is 211 Å². The summed E-state index contributed by atoms with van der Waals surface area (Å²) in [5.41, 5.74) is 1.98. The van der Waals surface area contributed by atoms with E-state index in [1.54, 1.807) is 48.8 Å². The fraction of sp³-hybridized carbons (Fsp3) is 0.276. The minimum absolute atomic E-state index is 0.0438. The molecule has 0 aliphatic carbocycles. The minimum Gasteiger partial charge on any atom is -0.507 e. The Kier molecular flexibility index (Phi) is 8.00. The van der Waals surface area contributed by atoms with Crippen LogP contribution in [0.1, 0.15) is 49.4 Å². The summed E-state index contributed by atoms with van der Waals surface area (Å²) in [5, 5.41) is 11.3. The minimum atomic E-state index is -0.765. The first kappa shape index (κ1) is 25.0. The highest BCUT2D eigenvalue weighted by atomic mass is 16.5. The first-order valence-corrected chi connectivity index (χ1v) is 12.2. The fourth-order valence-corrected chi connectivity index (χ4v) is 4.21. The molecule has 1 fully saturated rings. The quantitative estimate of drug-likeness (QED) is 0.182. The van der Waals surface area contributed by atoms with Crippen molar-refractivity contribution in [1.29, 1.82) is 0 Å². The zero-order valence-electron chi connectivity index (χ0n) is 20.5. The Morgan fingerprint density at radius 1 is 0.972 bits per heavy atom. The van der Waals surface area contributed by atoms with Gasteiger partial charge in [-0.2, -0.15) is 0 Å². The van der Waals surface area contributed by atoms with Crippen molar-refractivity contribution in [3.8, 4) is 11.5 Å². The van der Waals surface area contributed by atoms with Crippen LogP contribution in [0.15, 0.2) is 78.6 Å². The number of benzene rings is 2. The molecule has 2 aromatic carbocycles. The Morgan fingerprint density at radius 2 is 1.72 bits per heavy atom. The molecule has 1 amide bonds. The van der Waals surface area contributed by atoms with Crippen molar-refractivity contribution >= 4 is 17.4 Å². The average Bonchev–Trinajstić information content (AvgIpc) is 3.15. The number of likely N-dealkylation sites (tertiary alicyclic amines) is 1. The van der Waals surface area contributed by atoms with Crippen LogP contribution in [-0.2, 0) is 16.1 Å². The Hall–Kier alpha value is -4.13. The van der Waals surface area contributed by atoms with Crippen molar-refractivity contribution < 1.29 is 24.2 Å². The van der Waals surface area contributed by atoms with Gasteiger partial charge in [-0.25, -0.2) is 0 Å². The SMILES string of the molecule is CCCCOc1ccc(C2/C(=C(\O)c3cccc(OCC)c3)C(=O)C(=O)N2Cc2ccncc2)cc1. The summed E-state index contributed by atoms with van der Waals surface area (Å²) in [7, 11) is 0. The highest BCUT2D eigenvalue weighted by Crippen LogP contribution is 2.41. The summed E-state index contributed by atoms with van der Waals surface area (Å²) in [6.07, 6.45) is 5.27. The number of aromatic nitrogens is 1. The molecular formula is C29H30N2O5. The third kappa shape index (κ3) is 5.40. The van der Waals surface area contributed by atoms with Gasteiger partial charge in [0.1, 0.15) is 17.3 Å². The summed E-state index contributed by atoms with van der Waals surface area (Å²) in [6.45, 7) is 5.25. The molecule has 2 heterocycles. The monoisotopic (exact) mass is 486 g/mol. The number of ketones is 1. The molecule has 1 unspecified atom stereocenters. The van der Waals surface area contributed by atoms with Gasteiger partial charge in [-0.3, -0.25) is 14.6 Å². The van der Waals surface area contributed by atoms with E-state index in [0.29, 0.717) is 35.8 Å². The van der Waals surface area contributed by atoms with Crippen molar-refractivity contribution in [1.82, 2.24) is 9.88 Å². The van der Waals surface area contributed by atoms with Gasteiger partial charge in [0.25, 0.3) is 11.7 Å². The zero-order valence-corrected chi connectivity index (χ0v) is 20.5. The van der Waals surface area contributed by atoms with Crippen molar-refractivity contribution in [3.05, 3.63) is 95.3 Å². The third-order valence-electron chi connectivity index (χ3n) is 6.02. The number of aliphatic hydroxyl groups is 1. The molecule has 1 aliphatic rings. The van der Waals surface area contributed by atoms with Gasteiger partial charge < -0.3 is 19.5 Å². The van der Waals surface area contributed by atoms with Gasteiger partial charge in [0.15, 0.2) is 0 Å². The van der Waals surface area contributed by atoms with Gasteiger partial charge in [-0.1, -0.05) is 37.6 Å². The van der Waals surface area contributed by atoms with E-state index >= 15 is 0 Å². The predicted molar refractivity (Wildman–Crippen MR) is 137 cm³/mol. The van der Waals surface area contributed by atoms with E-state index in [-0.39, 0.29) is 17.9 Å². The van der Waals surface area contributed by atoms with Crippen LogP contribution in [0.4, 0.5) is 0 Å². The molecule has 7 heteroatoms. The second-order valence-electron chi connectivity index (χ2n) is 8.51. The van der Waals surface area contributed by atoms with E-state index in [1.165, 1.54) is 4.90 Å². The molecule has 1 aliphatic heterocycles. The first-order valence-electron chi connectivity index (χ1n) is 12.2. The number of unbranched alkanes of at least 4 members (excludes halogenated alkanes) is 1. The molecule has 0 saturated carbocycles. The number of pyridine rings is 1. The fourth-order valence-electron chi connectivity index (χ4n) is 4.21. The van der Waals surface area contributed by atoms with E-state index in [9.17, 15) is 14.7 Å². The summed E-state index contributed by atoms with van der Waals surface area (Å²) < 4.78 is 11.3. The van der Waals surface area contributed by atoms with E-state index in [1.807, 2.05) is 31.2 Å². The van der Waals surface area contributed by atoms with Crippen LogP contribution in [0.2, 0.25) is 0 Å². The Balaban J connectivity index is 1.77. The standard InChI is InChI=1S/C29H30N2O5/c1-3-5-17-36-23-11-9-21(10-12-23)26-25(27(32)22-7-6-8-24(18-22)35-4-2)28(33)29(34)31(26)19-20-13-15-30-16-14-20/h6-16,18,26,32H,3-5,17,19H2,1-2H3/b27-25+. The van der Waals surface area contributed by atoms with Crippen LogP contribution in [0.25, 0.3) is 5.76 Å². The summed E-state index contributed by atoms with van der Waals surface area (Å²) in [4.78, 5) is 32.0. The molecule has 1 atom stereocenters. The lowest BCUT2D eigenvalue weighted by atomic mass is 9.95. The maximum atomic E-state index is 13.3. The van der Waals surface area contributed by atoms with Crippen LogP contribution in [-0.4, -0.2) is 39.9 Å². The van der Waals surface area contributed by atoms with Gasteiger partial charge in [0, 0.05) is 24.5 Å². The summed E-state index contributed by atoms with van der Waals surface area (Å²) >= 11 is 0. The van der Waals surface area contributed by atoms with Crippen LogP contribution >= 0.6 is 0 Å². The van der Waals surface area contributed by atoms with Gasteiger partial charge in [-0.15, -0.1) is 0 Å². The molecular weight excluding hydrogens is 456 g/mol. The highest BCUT2D eigenvalue weighted by molar-refractivity contribution is 6.46. The average molecular weight is 487 g/mol. The topological polar surface area (TPSA) is 89.0 Å². The maximum Gasteiger partial charge on any atom is 0.295 e. The Bertz CT molecular complexity index is 1240. The van der Waals surface area contributed by atoms with Gasteiger partial charge in [-0.05, 0) is 60.9 Å². The van der Waals surface area contributed by atoms with Crippen LogP contribution in [0, 0.1) is 0 Å². The largest absolute Gasteiger partial charge is 0.507 e. The van der Waals surface area contributed by atoms with Crippen LogP contribution in [0.5, 0.6) is 11.5 Å². The van der Waals surface area contributed by atoms with Crippen LogP contribution in [0.3, 0.4) is 0 Å². The number of amides is 1. The van der Waals surface area contributed by atoms with Crippen molar-refractivity contribution in [2.75, 3.05) is 13.2 Å². The number of hydrogen-bond donors (Lipinski definition) is 1. The number of nitrogens with zero attached hydrogens (tertiary/aromatic N) is 2. The molecule has 1 N–H and O–H groups in total. The van der Waals surface area contributed by atoms with Crippen molar-refractivity contribution in [2.45, 2.75) is 39.3 Å². The van der Waals surface area contributed by atoms with Gasteiger partial charge >= 0.3 is 0 Å². The molecule has 0 spiro atoms. The smallest absolute Gasteiger partial charge is 0.295 e. The van der Waals surface area contributed by atoms with E-state index in [4.69, 9.17) is 9.47 Å². The van der Waals surface area contributed by atoms with Gasteiger partial charge in [0.2, 0.25) is 0 Å². The summed E-state index contributed by atoms with van der Waals surface area (Å²) in [6, 6.07) is 17.0. The second kappa shape index (κ2) is 11.5. The van der Waals surface area contributed by atoms with E-state index < -0.39 is 17.7 Å². The lowest BCUT2D eigenvalue weighted by molar-refractivity contribution is -0.140. The van der Waals surface area contributed by atoms with Crippen molar-refractivity contribution in [2.24, 2.45) is 0 Å². The summed E-state index contributed by atoms with van der Waals surface area (Å²) in [5.74, 6) is -0.347. The number of hydrogen-bond acceptors (Lipinski definition) is 6. The maximum absolute atomic E-state index is 13.3. The lowest BCUT2D eigenvalue weighted by Crippen LogP contribution is -2.29. The number of Topliss-reactive ketones (excluding diaryl/α,β-unsaturated/α-hetero) is 1. The van der Waals surface area contributed by atoms with Crippen LogP contribution < -0.4 is 9.47 Å². The third-order valence-corrected chi connectivity index (χ3v) is 6.02.